The molecule has 2 heteroatoms. The number of rotatable bonds is 4. The van der Waals surface area contributed by atoms with Crippen molar-refractivity contribution in [3.8, 4) is 0 Å². The lowest BCUT2D eigenvalue weighted by molar-refractivity contribution is -0.120. The molecule has 1 aliphatic rings. The van der Waals surface area contributed by atoms with Gasteiger partial charge in [0.25, 0.3) is 0 Å². The molecule has 0 aromatic heterocycles. The third-order valence-corrected chi connectivity index (χ3v) is 3.02. The molecule has 0 unspecified atom stereocenters. The van der Waals surface area contributed by atoms with Gasteiger partial charge in [0.1, 0.15) is 5.78 Å². The van der Waals surface area contributed by atoms with E-state index < -0.39 is 0 Å². The highest BCUT2D eigenvalue weighted by atomic mass is 16.1. The van der Waals surface area contributed by atoms with Crippen LogP contribution in [-0.2, 0) is 4.79 Å². The zero-order valence-electron chi connectivity index (χ0n) is 8.88. The van der Waals surface area contributed by atoms with Crippen LogP contribution < -0.4 is 0 Å². The summed E-state index contributed by atoms with van der Waals surface area (Å²) in [4.78, 5) is 13.5. The molecule has 0 spiro atoms. The predicted octanol–water partition coefficient (Wildman–Crippen LogP) is 2.23. The van der Waals surface area contributed by atoms with Gasteiger partial charge in [-0.3, -0.25) is 9.69 Å². The number of likely N-dealkylation sites (N-methyl/N-ethyl adjacent to an activating group) is 1. The van der Waals surface area contributed by atoms with E-state index in [1.165, 1.54) is 32.1 Å². The maximum Gasteiger partial charge on any atom is 0.146 e. The lowest BCUT2D eigenvalue weighted by Crippen LogP contribution is -2.36. The van der Waals surface area contributed by atoms with Crippen LogP contribution in [0.3, 0.4) is 0 Å². The average molecular weight is 183 g/mol. The summed E-state index contributed by atoms with van der Waals surface area (Å²) in [5.74, 6) is 0.369. The molecule has 1 aliphatic carbocycles. The summed E-state index contributed by atoms with van der Waals surface area (Å²) in [6, 6.07) is 0.671. The van der Waals surface area contributed by atoms with E-state index in [4.69, 9.17) is 0 Å². The fourth-order valence-corrected chi connectivity index (χ4v) is 2.04. The van der Waals surface area contributed by atoms with Crippen molar-refractivity contribution < 1.29 is 4.79 Å². The first kappa shape index (κ1) is 10.7. The number of nitrogens with zero attached hydrogens (tertiary/aromatic N) is 1. The Morgan fingerprint density at radius 2 is 1.92 bits per heavy atom. The minimum absolute atomic E-state index is 0.369. The molecule has 13 heavy (non-hydrogen) atoms. The standard InChI is InChI=1S/C11H21NO/c1-3-11(13)9-12(2)10-7-5-4-6-8-10/h10H,3-9H2,1-2H3. The van der Waals surface area contributed by atoms with Crippen molar-refractivity contribution in [2.24, 2.45) is 0 Å². The first-order chi connectivity index (χ1) is 6.24. The number of carbonyl (C=O) groups excluding carboxylic acids is 1. The zero-order chi connectivity index (χ0) is 9.68. The molecule has 0 amide bonds. The van der Waals surface area contributed by atoms with Gasteiger partial charge in [0.15, 0.2) is 0 Å². The first-order valence-electron chi connectivity index (χ1n) is 5.46. The molecule has 0 saturated heterocycles. The van der Waals surface area contributed by atoms with Gasteiger partial charge in [0.05, 0.1) is 6.54 Å². The molecular weight excluding hydrogens is 162 g/mol. The van der Waals surface area contributed by atoms with Crippen molar-refractivity contribution >= 4 is 5.78 Å². The Hall–Kier alpha value is -0.370. The summed E-state index contributed by atoms with van der Waals surface area (Å²) in [6.07, 6.45) is 7.31. The fourth-order valence-electron chi connectivity index (χ4n) is 2.04. The van der Waals surface area contributed by atoms with Crippen LogP contribution in [0.1, 0.15) is 45.4 Å². The van der Waals surface area contributed by atoms with E-state index in [-0.39, 0.29) is 0 Å². The van der Waals surface area contributed by atoms with E-state index >= 15 is 0 Å². The lowest BCUT2D eigenvalue weighted by atomic mass is 9.94. The van der Waals surface area contributed by atoms with E-state index in [0.29, 0.717) is 24.8 Å². The normalized spacial score (nSPS) is 19.3. The third-order valence-electron chi connectivity index (χ3n) is 3.02. The highest BCUT2D eigenvalue weighted by Crippen LogP contribution is 2.21. The highest BCUT2D eigenvalue weighted by Gasteiger charge is 2.18. The lowest BCUT2D eigenvalue weighted by Gasteiger charge is -2.30. The topological polar surface area (TPSA) is 20.3 Å². The molecule has 0 radical (unpaired) electrons. The molecule has 0 aromatic carbocycles. The van der Waals surface area contributed by atoms with E-state index in [1.807, 2.05) is 6.92 Å². The second kappa shape index (κ2) is 5.38. The minimum Gasteiger partial charge on any atom is -0.298 e. The molecule has 0 atom stereocenters. The maximum absolute atomic E-state index is 11.2. The summed E-state index contributed by atoms with van der Waals surface area (Å²) >= 11 is 0. The highest BCUT2D eigenvalue weighted by molar-refractivity contribution is 5.80. The minimum atomic E-state index is 0.369. The van der Waals surface area contributed by atoms with Crippen LogP contribution >= 0.6 is 0 Å². The summed E-state index contributed by atoms with van der Waals surface area (Å²) < 4.78 is 0. The SMILES string of the molecule is CCC(=O)CN(C)C1CCCCC1. The quantitative estimate of drug-likeness (QED) is 0.666. The third kappa shape index (κ3) is 3.47. The summed E-state index contributed by atoms with van der Waals surface area (Å²) in [5.41, 5.74) is 0. The Morgan fingerprint density at radius 3 is 2.46 bits per heavy atom. The number of ketones is 1. The van der Waals surface area contributed by atoms with Crippen molar-refractivity contribution in [1.29, 1.82) is 0 Å². The summed E-state index contributed by atoms with van der Waals surface area (Å²) in [6.45, 7) is 2.60. The van der Waals surface area contributed by atoms with Gasteiger partial charge in [-0.05, 0) is 19.9 Å². The molecule has 76 valence electrons. The number of carbonyl (C=O) groups is 1. The van der Waals surface area contributed by atoms with Crippen molar-refractivity contribution in [3.05, 3.63) is 0 Å². The van der Waals surface area contributed by atoms with Gasteiger partial charge in [0, 0.05) is 12.5 Å². The van der Waals surface area contributed by atoms with Crippen LogP contribution in [0.25, 0.3) is 0 Å². The van der Waals surface area contributed by atoms with E-state index in [0.717, 1.165) is 0 Å². The second-order valence-electron chi connectivity index (χ2n) is 4.10. The Labute approximate surface area is 81.3 Å². The Balaban J connectivity index is 2.28. The molecular formula is C11H21NO. The van der Waals surface area contributed by atoms with Crippen LogP contribution in [-0.4, -0.2) is 30.3 Å². The number of hydrogen-bond acceptors (Lipinski definition) is 2. The van der Waals surface area contributed by atoms with Gasteiger partial charge in [0.2, 0.25) is 0 Å². The predicted molar refractivity (Wildman–Crippen MR) is 54.8 cm³/mol. The maximum atomic E-state index is 11.2. The van der Waals surface area contributed by atoms with Gasteiger partial charge >= 0.3 is 0 Å². The van der Waals surface area contributed by atoms with E-state index in [1.54, 1.807) is 0 Å². The van der Waals surface area contributed by atoms with Crippen LogP contribution in [0.5, 0.6) is 0 Å². The molecule has 2 nitrogen and oxygen atoms in total. The van der Waals surface area contributed by atoms with Crippen molar-refractivity contribution in [3.63, 3.8) is 0 Å². The number of Topliss-reactive ketones (excluding diaryl/α,β-unsaturated/α-hetero) is 1. The van der Waals surface area contributed by atoms with E-state index in [2.05, 4.69) is 11.9 Å². The van der Waals surface area contributed by atoms with Gasteiger partial charge in [-0.1, -0.05) is 26.2 Å². The average Bonchev–Trinajstić information content (AvgIpc) is 2.19. The van der Waals surface area contributed by atoms with Gasteiger partial charge in [-0.25, -0.2) is 0 Å². The zero-order valence-corrected chi connectivity index (χ0v) is 8.88. The molecule has 1 rings (SSSR count). The Bertz CT molecular complexity index is 161. The van der Waals surface area contributed by atoms with Crippen molar-refractivity contribution in [1.82, 2.24) is 4.90 Å². The smallest absolute Gasteiger partial charge is 0.146 e. The van der Waals surface area contributed by atoms with Gasteiger partial charge in [-0.15, -0.1) is 0 Å². The van der Waals surface area contributed by atoms with Crippen LogP contribution in [0.2, 0.25) is 0 Å². The largest absolute Gasteiger partial charge is 0.298 e. The molecule has 1 fully saturated rings. The summed E-state index contributed by atoms with van der Waals surface area (Å²) in [5, 5.41) is 0. The molecule has 0 N–H and O–H groups in total. The van der Waals surface area contributed by atoms with Gasteiger partial charge < -0.3 is 0 Å². The second-order valence-corrected chi connectivity index (χ2v) is 4.10. The van der Waals surface area contributed by atoms with Crippen molar-refractivity contribution in [2.45, 2.75) is 51.5 Å². The van der Waals surface area contributed by atoms with Crippen LogP contribution in [0, 0.1) is 0 Å². The summed E-state index contributed by atoms with van der Waals surface area (Å²) in [7, 11) is 2.09. The molecule has 0 bridgehead atoms. The molecule has 1 saturated carbocycles. The van der Waals surface area contributed by atoms with E-state index in [9.17, 15) is 4.79 Å². The number of hydrogen-bond donors (Lipinski definition) is 0. The molecule has 0 heterocycles. The molecule has 0 aliphatic heterocycles. The fraction of sp³-hybridized carbons (Fsp3) is 0.909. The molecule has 0 aromatic rings. The Morgan fingerprint density at radius 1 is 1.31 bits per heavy atom. The van der Waals surface area contributed by atoms with Crippen molar-refractivity contribution in [2.75, 3.05) is 13.6 Å². The van der Waals surface area contributed by atoms with Crippen LogP contribution in [0.15, 0.2) is 0 Å². The Kier molecular flexibility index (Phi) is 4.43. The first-order valence-corrected chi connectivity index (χ1v) is 5.46. The van der Waals surface area contributed by atoms with Crippen LogP contribution in [0.4, 0.5) is 0 Å². The van der Waals surface area contributed by atoms with Gasteiger partial charge in [-0.2, -0.15) is 0 Å². The monoisotopic (exact) mass is 183 g/mol.